The lowest BCUT2D eigenvalue weighted by atomic mass is 10.1. The highest BCUT2D eigenvalue weighted by molar-refractivity contribution is 6.05. The number of benzene rings is 2. The summed E-state index contributed by atoms with van der Waals surface area (Å²) in [5.74, 6) is 5.85. The van der Waals surface area contributed by atoms with Gasteiger partial charge in [0, 0.05) is 31.5 Å². The molecule has 2 amide bonds. The molecule has 17 nitrogen and oxygen atoms in total. The third-order valence-electron chi connectivity index (χ3n) is 9.87. The van der Waals surface area contributed by atoms with Crippen molar-refractivity contribution < 1.29 is 33.8 Å². The molecule has 0 radical (unpaired) electrons. The molecule has 2 atom stereocenters. The normalized spacial score (nSPS) is 15.5. The third-order valence-corrected chi connectivity index (χ3v) is 9.87. The van der Waals surface area contributed by atoms with Gasteiger partial charge in [-0.25, -0.2) is 14.8 Å². The number of hydrogen-bond acceptors (Lipinski definition) is 10. The minimum absolute atomic E-state index is 0.0111. The van der Waals surface area contributed by atoms with Crippen LogP contribution in [0.2, 0.25) is 0 Å². The quantitative estimate of drug-likeness (QED) is 0.123. The van der Waals surface area contributed by atoms with E-state index in [1.807, 2.05) is 29.9 Å². The van der Waals surface area contributed by atoms with Crippen LogP contribution < -0.4 is 20.1 Å². The molecule has 6 aromatic rings. The Labute approximate surface area is 319 Å². The number of carboxylic acids is 1. The molecule has 0 aliphatic carbocycles. The van der Waals surface area contributed by atoms with E-state index >= 15 is 0 Å². The Balaban J connectivity index is 1.10. The Hall–Kier alpha value is -6.96. The maximum atomic E-state index is 13.6. The Kier molecular flexibility index (Phi) is 9.03. The highest BCUT2D eigenvalue weighted by atomic mass is 16.5. The number of aromatic nitrogens is 8. The summed E-state index contributed by atoms with van der Waals surface area (Å²) in [5.41, 5.74) is 4.66. The lowest BCUT2D eigenvalue weighted by Gasteiger charge is -2.27. The van der Waals surface area contributed by atoms with Gasteiger partial charge in [0.25, 0.3) is 11.8 Å². The molecular formula is C39H38N10O7. The van der Waals surface area contributed by atoms with Crippen LogP contribution in [0.3, 0.4) is 0 Å². The van der Waals surface area contributed by atoms with Gasteiger partial charge in [0.2, 0.25) is 11.9 Å². The number of anilines is 2. The molecule has 4 aromatic heterocycles. The van der Waals surface area contributed by atoms with E-state index in [2.05, 4.69) is 37.7 Å². The zero-order valence-electron chi connectivity index (χ0n) is 31.3. The van der Waals surface area contributed by atoms with Crippen molar-refractivity contribution in [2.75, 3.05) is 23.8 Å². The average molecular weight is 759 g/mol. The van der Waals surface area contributed by atoms with E-state index in [1.54, 1.807) is 40.6 Å². The first-order chi connectivity index (χ1) is 26.9. The monoisotopic (exact) mass is 758 g/mol. The number of nitrogens with one attached hydrogen (secondary N) is 2. The topological polar surface area (TPSA) is 202 Å². The fraction of sp³-hybridized carbons (Fsp3) is 0.333. The van der Waals surface area contributed by atoms with E-state index in [9.17, 15) is 24.3 Å². The van der Waals surface area contributed by atoms with Crippen molar-refractivity contribution in [1.82, 2.24) is 38.7 Å². The van der Waals surface area contributed by atoms with Crippen LogP contribution in [0, 0.1) is 25.7 Å². The molecule has 0 spiro atoms. The number of aromatic carboxylic acids is 1. The Morgan fingerprint density at radius 1 is 0.732 bits per heavy atom. The molecular weight excluding hydrogens is 720 g/mol. The Bertz CT molecular complexity index is 2510. The SMILES string of the molecule is CCn1nc(C)cc1C(=O)Nc1nc2cc(C(C)=O)cc3c2n1[C@@H](CC#CC[C@H]1COc2cc(C(=O)O)cc4nc(NC(=O)c5cc(C)nn5CC)n1c24)CO3. The summed E-state index contributed by atoms with van der Waals surface area (Å²) in [6.45, 7) is 10.3. The molecule has 3 N–H and O–H groups in total. The molecule has 8 rings (SSSR count). The van der Waals surface area contributed by atoms with Gasteiger partial charge in [-0.05, 0) is 71.0 Å². The van der Waals surface area contributed by atoms with Crippen molar-refractivity contribution in [1.29, 1.82) is 0 Å². The van der Waals surface area contributed by atoms with E-state index < -0.39 is 11.9 Å². The number of carbonyl (C=O) groups excluding carboxylic acids is 3. The summed E-state index contributed by atoms with van der Waals surface area (Å²) in [6.07, 6.45) is 0.625. The van der Waals surface area contributed by atoms with E-state index in [-0.39, 0.29) is 48.5 Å². The van der Waals surface area contributed by atoms with Crippen LogP contribution in [-0.2, 0) is 13.1 Å². The first-order valence-electron chi connectivity index (χ1n) is 18.2. The van der Waals surface area contributed by atoms with Crippen LogP contribution in [-0.4, -0.2) is 80.6 Å². The first-order valence-corrected chi connectivity index (χ1v) is 18.2. The van der Waals surface area contributed by atoms with E-state index in [4.69, 9.17) is 14.5 Å². The van der Waals surface area contributed by atoms with Gasteiger partial charge in [-0.1, -0.05) is 0 Å². The number of Topliss-reactive ketones (excluding diaryl/α,β-unsaturated/α-hetero) is 1. The van der Waals surface area contributed by atoms with Crippen molar-refractivity contribution >= 4 is 57.5 Å². The number of amides is 2. The van der Waals surface area contributed by atoms with Crippen LogP contribution in [0.25, 0.3) is 22.1 Å². The zero-order chi connectivity index (χ0) is 39.4. The number of carbonyl (C=O) groups is 4. The molecule has 17 heteroatoms. The number of ether oxygens (including phenoxy) is 2. The van der Waals surface area contributed by atoms with Crippen molar-refractivity contribution in [3.05, 3.63) is 70.3 Å². The van der Waals surface area contributed by atoms with Gasteiger partial charge >= 0.3 is 5.97 Å². The second-order valence-electron chi connectivity index (χ2n) is 13.7. The van der Waals surface area contributed by atoms with Crippen LogP contribution in [0.15, 0.2) is 36.4 Å². The molecule has 2 aromatic carbocycles. The molecule has 56 heavy (non-hydrogen) atoms. The van der Waals surface area contributed by atoms with Gasteiger partial charge < -0.3 is 14.6 Å². The molecule has 0 fully saturated rings. The van der Waals surface area contributed by atoms with E-state index in [0.29, 0.717) is 93.8 Å². The maximum absolute atomic E-state index is 13.6. The molecule has 2 aliphatic rings. The summed E-state index contributed by atoms with van der Waals surface area (Å²) in [7, 11) is 0. The molecule has 0 saturated carbocycles. The summed E-state index contributed by atoms with van der Waals surface area (Å²) in [6, 6.07) is 8.94. The van der Waals surface area contributed by atoms with Crippen molar-refractivity contribution in [2.24, 2.45) is 0 Å². The van der Waals surface area contributed by atoms with E-state index in [0.717, 1.165) is 0 Å². The summed E-state index contributed by atoms with van der Waals surface area (Å²) in [5, 5.41) is 24.4. The van der Waals surface area contributed by atoms with Gasteiger partial charge in [0.15, 0.2) is 5.78 Å². The van der Waals surface area contributed by atoms with Gasteiger partial charge in [-0.2, -0.15) is 10.2 Å². The van der Waals surface area contributed by atoms with Gasteiger partial charge in [0.05, 0.1) is 40.1 Å². The van der Waals surface area contributed by atoms with Gasteiger partial charge in [-0.3, -0.25) is 43.5 Å². The molecule has 0 bridgehead atoms. The fourth-order valence-corrected chi connectivity index (χ4v) is 7.29. The van der Waals surface area contributed by atoms with Crippen molar-refractivity contribution in [2.45, 2.75) is 72.6 Å². The highest BCUT2D eigenvalue weighted by Crippen LogP contribution is 2.40. The Morgan fingerprint density at radius 2 is 1.18 bits per heavy atom. The average Bonchev–Trinajstić information content (AvgIpc) is 3.95. The number of imidazole rings is 2. The second kappa shape index (κ2) is 14.0. The lowest BCUT2D eigenvalue weighted by molar-refractivity contribution is 0.0695. The smallest absolute Gasteiger partial charge is 0.335 e. The number of rotatable bonds is 10. The number of aryl methyl sites for hydroxylation is 4. The second-order valence-corrected chi connectivity index (χ2v) is 13.7. The predicted octanol–water partition coefficient (Wildman–Crippen LogP) is 5.19. The van der Waals surface area contributed by atoms with Gasteiger partial charge in [-0.15, -0.1) is 11.8 Å². The number of carboxylic acid groups (broad SMARTS) is 1. The molecule has 6 heterocycles. The molecule has 286 valence electrons. The highest BCUT2D eigenvalue weighted by Gasteiger charge is 2.31. The first kappa shape index (κ1) is 36.0. The van der Waals surface area contributed by atoms with E-state index in [1.165, 1.54) is 19.1 Å². The lowest BCUT2D eigenvalue weighted by Crippen LogP contribution is -2.26. The molecule has 0 unspecified atom stereocenters. The standard InChI is InChI=1S/C39H38N10O7/c1-6-46-29(12-20(3)44-46)35(51)42-38-40-27-14-23(22(5)50)16-31-33(27)48(38)25(18-55-31)10-8-9-11-26-19-56-32-17-24(37(53)54)15-28-34(32)49(26)39(41-28)43-36(52)30-13-21(4)45-47(30)7-2/h12-17,25-26H,6-7,10-11,18-19H2,1-5H3,(H,53,54)(H,40,42,51)(H,41,43,52)/t25-,26-/m0/s1. The third kappa shape index (κ3) is 6.28. The minimum Gasteiger partial charge on any atom is -0.489 e. The molecule has 0 saturated heterocycles. The summed E-state index contributed by atoms with van der Waals surface area (Å²) in [4.78, 5) is 60.7. The van der Waals surface area contributed by atoms with Crippen LogP contribution in [0.5, 0.6) is 11.5 Å². The maximum Gasteiger partial charge on any atom is 0.335 e. The van der Waals surface area contributed by atoms with Crippen LogP contribution in [0.4, 0.5) is 11.9 Å². The summed E-state index contributed by atoms with van der Waals surface area (Å²) >= 11 is 0. The number of ketones is 1. The largest absolute Gasteiger partial charge is 0.489 e. The van der Waals surface area contributed by atoms with Crippen molar-refractivity contribution in [3.8, 4) is 23.3 Å². The summed E-state index contributed by atoms with van der Waals surface area (Å²) < 4.78 is 19.2. The predicted molar refractivity (Wildman–Crippen MR) is 204 cm³/mol. The molecule has 2 aliphatic heterocycles. The zero-order valence-corrected chi connectivity index (χ0v) is 31.3. The number of nitrogens with zero attached hydrogens (tertiary/aromatic N) is 8. The Morgan fingerprint density at radius 3 is 1.61 bits per heavy atom. The van der Waals surface area contributed by atoms with Crippen LogP contribution >= 0.6 is 0 Å². The number of hydrogen-bond donors (Lipinski definition) is 3. The minimum atomic E-state index is -1.13. The van der Waals surface area contributed by atoms with Crippen LogP contribution in [0.1, 0.15) is 98.8 Å². The van der Waals surface area contributed by atoms with Crippen molar-refractivity contribution in [3.63, 3.8) is 0 Å². The van der Waals surface area contributed by atoms with Gasteiger partial charge in [0.1, 0.15) is 47.1 Å². The fourth-order valence-electron chi connectivity index (χ4n) is 7.29.